The molecule has 2 aliphatic rings. The summed E-state index contributed by atoms with van der Waals surface area (Å²) in [4.78, 5) is 11.3. The molecule has 0 radical (unpaired) electrons. The zero-order chi connectivity index (χ0) is 14.7. The van der Waals surface area contributed by atoms with E-state index in [1.165, 1.54) is 0 Å². The van der Waals surface area contributed by atoms with Crippen molar-refractivity contribution >= 4 is 11.5 Å². The van der Waals surface area contributed by atoms with Crippen LogP contribution in [0.5, 0.6) is 11.5 Å². The van der Waals surface area contributed by atoms with Gasteiger partial charge in [-0.15, -0.1) is 0 Å². The van der Waals surface area contributed by atoms with E-state index in [0.717, 1.165) is 30.8 Å². The van der Waals surface area contributed by atoms with Gasteiger partial charge in [-0.1, -0.05) is 0 Å². The molecule has 5 nitrogen and oxygen atoms in total. The number of ketones is 1. The van der Waals surface area contributed by atoms with Crippen molar-refractivity contribution in [2.75, 3.05) is 25.6 Å². The lowest BCUT2D eigenvalue weighted by atomic mass is 10.2. The molecule has 0 unspecified atom stereocenters. The lowest BCUT2D eigenvalue weighted by Gasteiger charge is -2.16. The Labute approximate surface area is 123 Å². The van der Waals surface area contributed by atoms with Crippen LogP contribution in [0.1, 0.15) is 19.3 Å². The number of carbonyl (C=O) groups excluding carboxylic acids is 1. The molecule has 1 aromatic rings. The van der Waals surface area contributed by atoms with Crippen LogP contribution in [0.2, 0.25) is 0 Å². The SMILES string of the molecule is COc1ccc(NC2=CC(=O)CC2)cc1O[C@H]1CCOC1. The first-order valence-electron chi connectivity index (χ1n) is 7.17. The highest BCUT2D eigenvalue weighted by Crippen LogP contribution is 2.33. The van der Waals surface area contributed by atoms with Crippen LogP contribution in [-0.2, 0) is 9.53 Å². The van der Waals surface area contributed by atoms with Gasteiger partial charge in [0.2, 0.25) is 0 Å². The molecule has 112 valence electrons. The number of rotatable bonds is 5. The van der Waals surface area contributed by atoms with Gasteiger partial charge in [-0.3, -0.25) is 4.79 Å². The van der Waals surface area contributed by atoms with E-state index in [9.17, 15) is 4.79 Å². The fraction of sp³-hybridized carbons (Fsp3) is 0.438. The van der Waals surface area contributed by atoms with Crippen LogP contribution in [0, 0.1) is 0 Å². The molecular formula is C16H19NO4. The molecule has 1 heterocycles. The van der Waals surface area contributed by atoms with Crippen LogP contribution in [0.25, 0.3) is 0 Å². The second-order valence-electron chi connectivity index (χ2n) is 5.23. The van der Waals surface area contributed by atoms with E-state index in [1.54, 1.807) is 13.2 Å². The number of nitrogens with one attached hydrogen (secondary N) is 1. The van der Waals surface area contributed by atoms with Gasteiger partial charge in [-0.25, -0.2) is 0 Å². The Balaban J connectivity index is 1.75. The van der Waals surface area contributed by atoms with E-state index >= 15 is 0 Å². The standard InChI is InChI=1S/C16H19NO4/c1-19-15-5-3-12(17-11-2-4-13(18)8-11)9-16(15)21-14-6-7-20-10-14/h3,5,8-9,14,17H,2,4,6-7,10H2,1H3/t14-/m0/s1. The second kappa shape index (κ2) is 6.18. The zero-order valence-electron chi connectivity index (χ0n) is 12.1. The molecule has 1 saturated heterocycles. The molecule has 0 bridgehead atoms. The van der Waals surface area contributed by atoms with E-state index in [4.69, 9.17) is 14.2 Å². The summed E-state index contributed by atoms with van der Waals surface area (Å²) in [5, 5.41) is 3.26. The first-order chi connectivity index (χ1) is 10.2. The fourth-order valence-electron chi connectivity index (χ4n) is 2.51. The van der Waals surface area contributed by atoms with Gasteiger partial charge in [-0.05, 0) is 18.6 Å². The van der Waals surface area contributed by atoms with Gasteiger partial charge in [0.05, 0.1) is 20.3 Å². The van der Waals surface area contributed by atoms with Gasteiger partial charge < -0.3 is 19.5 Å². The minimum Gasteiger partial charge on any atom is -0.493 e. The summed E-state index contributed by atoms with van der Waals surface area (Å²) < 4.78 is 16.6. The van der Waals surface area contributed by atoms with Crippen molar-refractivity contribution in [2.45, 2.75) is 25.4 Å². The minimum atomic E-state index is 0.0708. The topological polar surface area (TPSA) is 56.8 Å². The third-order valence-corrected chi connectivity index (χ3v) is 3.63. The maximum absolute atomic E-state index is 11.3. The molecule has 1 fully saturated rings. The summed E-state index contributed by atoms with van der Waals surface area (Å²) in [5.41, 5.74) is 1.84. The van der Waals surface area contributed by atoms with Crippen LogP contribution in [0.3, 0.4) is 0 Å². The summed E-state index contributed by atoms with van der Waals surface area (Å²) in [6.07, 6.45) is 3.97. The first kappa shape index (κ1) is 13.9. The lowest BCUT2D eigenvalue weighted by molar-refractivity contribution is -0.114. The van der Waals surface area contributed by atoms with Crippen molar-refractivity contribution in [1.29, 1.82) is 0 Å². The molecule has 0 aromatic heterocycles. The Morgan fingerprint density at radius 3 is 2.86 bits per heavy atom. The highest BCUT2D eigenvalue weighted by atomic mass is 16.6. The van der Waals surface area contributed by atoms with Crippen LogP contribution >= 0.6 is 0 Å². The molecule has 0 saturated carbocycles. The number of methoxy groups -OCH3 is 1. The van der Waals surface area contributed by atoms with Gasteiger partial charge in [0, 0.05) is 36.4 Å². The number of allylic oxidation sites excluding steroid dienone is 2. The average Bonchev–Trinajstić information content (AvgIpc) is 3.11. The molecule has 1 aliphatic heterocycles. The van der Waals surface area contributed by atoms with Crippen LogP contribution in [-0.4, -0.2) is 32.2 Å². The van der Waals surface area contributed by atoms with Gasteiger partial charge in [0.15, 0.2) is 17.3 Å². The number of ether oxygens (including phenoxy) is 3. The Morgan fingerprint density at radius 2 is 2.19 bits per heavy atom. The summed E-state index contributed by atoms with van der Waals surface area (Å²) in [7, 11) is 1.62. The van der Waals surface area contributed by atoms with E-state index in [-0.39, 0.29) is 11.9 Å². The van der Waals surface area contributed by atoms with E-state index in [2.05, 4.69) is 5.32 Å². The molecular weight excluding hydrogens is 270 g/mol. The number of benzene rings is 1. The third kappa shape index (κ3) is 3.36. The molecule has 1 aromatic carbocycles. The Hall–Kier alpha value is -2.01. The molecule has 5 heteroatoms. The summed E-state index contributed by atoms with van der Waals surface area (Å²) >= 11 is 0. The lowest BCUT2D eigenvalue weighted by Crippen LogP contribution is -2.16. The average molecular weight is 289 g/mol. The summed E-state index contributed by atoms with van der Waals surface area (Å²) in [5.74, 6) is 1.57. The van der Waals surface area contributed by atoms with Crippen molar-refractivity contribution in [3.63, 3.8) is 0 Å². The summed E-state index contributed by atoms with van der Waals surface area (Å²) in [6.45, 7) is 1.35. The molecule has 1 aliphatic carbocycles. The molecule has 1 N–H and O–H groups in total. The number of hydrogen-bond acceptors (Lipinski definition) is 5. The van der Waals surface area contributed by atoms with E-state index in [0.29, 0.717) is 24.5 Å². The maximum Gasteiger partial charge on any atom is 0.163 e. The predicted molar refractivity (Wildman–Crippen MR) is 78.8 cm³/mol. The third-order valence-electron chi connectivity index (χ3n) is 3.63. The molecule has 21 heavy (non-hydrogen) atoms. The van der Waals surface area contributed by atoms with E-state index < -0.39 is 0 Å². The van der Waals surface area contributed by atoms with Crippen molar-refractivity contribution < 1.29 is 19.0 Å². The van der Waals surface area contributed by atoms with Crippen LogP contribution in [0.15, 0.2) is 30.0 Å². The smallest absolute Gasteiger partial charge is 0.163 e. The molecule has 0 spiro atoms. The van der Waals surface area contributed by atoms with Crippen molar-refractivity contribution in [3.8, 4) is 11.5 Å². The van der Waals surface area contributed by atoms with Crippen molar-refractivity contribution in [1.82, 2.24) is 0 Å². The van der Waals surface area contributed by atoms with Crippen LogP contribution < -0.4 is 14.8 Å². The first-order valence-corrected chi connectivity index (χ1v) is 7.17. The van der Waals surface area contributed by atoms with Gasteiger partial charge in [-0.2, -0.15) is 0 Å². The van der Waals surface area contributed by atoms with Gasteiger partial charge >= 0.3 is 0 Å². The second-order valence-corrected chi connectivity index (χ2v) is 5.23. The Morgan fingerprint density at radius 1 is 1.29 bits per heavy atom. The number of carbonyl (C=O) groups is 1. The molecule has 0 amide bonds. The van der Waals surface area contributed by atoms with Gasteiger partial charge in [0.25, 0.3) is 0 Å². The minimum absolute atomic E-state index is 0.0708. The number of hydrogen-bond donors (Lipinski definition) is 1. The van der Waals surface area contributed by atoms with Crippen molar-refractivity contribution in [3.05, 3.63) is 30.0 Å². The predicted octanol–water partition coefficient (Wildman–Crippen LogP) is 2.52. The van der Waals surface area contributed by atoms with Crippen molar-refractivity contribution in [2.24, 2.45) is 0 Å². The van der Waals surface area contributed by atoms with Gasteiger partial charge in [0.1, 0.15) is 6.10 Å². The Kier molecular flexibility index (Phi) is 4.10. The normalized spacial score (nSPS) is 21.3. The van der Waals surface area contributed by atoms with E-state index in [1.807, 2.05) is 18.2 Å². The summed E-state index contributed by atoms with van der Waals surface area (Å²) in [6, 6.07) is 5.69. The highest BCUT2D eigenvalue weighted by molar-refractivity contribution is 5.93. The van der Waals surface area contributed by atoms with Crippen LogP contribution in [0.4, 0.5) is 5.69 Å². The quantitative estimate of drug-likeness (QED) is 0.902. The zero-order valence-corrected chi connectivity index (χ0v) is 12.1. The molecule has 1 atom stereocenters. The highest BCUT2D eigenvalue weighted by Gasteiger charge is 2.19. The maximum atomic E-state index is 11.3. The monoisotopic (exact) mass is 289 g/mol. The Bertz CT molecular complexity index is 561. The fourth-order valence-corrected chi connectivity index (χ4v) is 2.51. The largest absolute Gasteiger partial charge is 0.493 e. The molecule has 3 rings (SSSR count). The number of anilines is 1.